The van der Waals surface area contributed by atoms with Crippen LogP contribution in [0.1, 0.15) is 24.4 Å². The van der Waals surface area contributed by atoms with Crippen molar-refractivity contribution in [1.82, 2.24) is 25.1 Å². The summed E-state index contributed by atoms with van der Waals surface area (Å²) in [5.41, 5.74) is 1.85. The zero-order valence-corrected chi connectivity index (χ0v) is 10.1. The van der Waals surface area contributed by atoms with E-state index in [1.807, 2.05) is 23.6 Å². The highest BCUT2D eigenvalue weighted by atomic mass is 15.4. The molecule has 0 amide bonds. The Hall–Kier alpha value is -1.49. The molecule has 1 aliphatic heterocycles. The van der Waals surface area contributed by atoms with Crippen molar-refractivity contribution in [3.63, 3.8) is 0 Å². The van der Waals surface area contributed by atoms with Crippen LogP contribution in [0.2, 0.25) is 0 Å². The average molecular weight is 231 g/mol. The fourth-order valence-corrected chi connectivity index (χ4v) is 2.40. The number of fused-ring (bicyclic) bond motifs is 1. The molecule has 0 bridgehead atoms. The maximum absolute atomic E-state index is 4.48. The molecule has 5 nitrogen and oxygen atoms in total. The van der Waals surface area contributed by atoms with Crippen LogP contribution in [0.4, 0.5) is 0 Å². The first-order valence-electron chi connectivity index (χ1n) is 6.21. The van der Waals surface area contributed by atoms with Gasteiger partial charge >= 0.3 is 0 Å². The van der Waals surface area contributed by atoms with Crippen LogP contribution >= 0.6 is 0 Å². The van der Waals surface area contributed by atoms with Gasteiger partial charge in [-0.25, -0.2) is 0 Å². The lowest BCUT2D eigenvalue weighted by atomic mass is 9.94. The van der Waals surface area contributed by atoms with Crippen LogP contribution in [-0.2, 0) is 6.42 Å². The molecule has 0 radical (unpaired) electrons. The number of rotatable bonds is 2. The van der Waals surface area contributed by atoms with Crippen molar-refractivity contribution in [2.24, 2.45) is 5.92 Å². The molecule has 3 rings (SSSR count). The number of piperidine rings is 1. The van der Waals surface area contributed by atoms with Crippen molar-refractivity contribution in [3.05, 3.63) is 23.7 Å². The molecule has 0 aliphatic carbocycles. The van der Waals surface area contributed by atoms with Gasteiger partial charge in [0.15, 0.2) is 11.5 Å². The summed E-state index contributed by atoms with van der Waals surface area (Å²) in [6.07, 6.45) is 3.43. The minimum atomic E-state index is 0.714. The average Bonchev–Trinajstić information content (AvgIpc) is 2.73. The van der Waals surface area contributed by atoms with E-state index in [2.05, 4.69) is 20.6 Å². The van der Waals surface area contributed by atoms with Crippen molar-refractivity contribution < 1.29 is 0 Å². The van der Waals surface area contributed by atoms with E-state index in [1.165, 1.54) is 12.8 Å². The third kappa shape index (κ3) is 2.15. The van der Waals surface area contributed by atoms with Gasteiger partial charge in [-0.15, -0.1) is 10.2 Å². The van der Waals surface area contributed by atoms with Crippen LogP contribution in [0.15, 0.2) is 12.1 Å². The van der Waals surface area contributed by atoms with E-state index in [1.54, 1.807) is 0 Å². The Bertz CT molecular complexity index is 513. The lowest BCUT2D eigenvalue weighted by Gasteiger charge is -2.21. The number of hydrogen-bond donors (Lipinski definition) is 1. The van der Waals surface area contributed by atoms with Crippen LogP contribution in [0, 0.1) is 12.8 Å². The fraction of sp³-hybridized carbons (Fsp3) is 0.583. The lowest BCUT2D eigenvalue weighted by molar-refractivity contribution is 0.365. The first-order chi connectivity index (χ1) is 8.33. The van der Waals surface area contributed by atoms with E-state index >= 15 is 0 Å². The Morgan fingerprint density at radius 1 is 1.29 bits per heavy atom. The third-order valence-electron chi connectivity index (χ3n) is 3.39. The molecule has 90 valence electrons. The van der Waals surface area contributed by atoms with Crippen LogP contribution in [0.25, 0.3) is 5.65 Å². The van der Waals surface area contributed by atoms with Gasteiger partial charge in [0.05, 0.1) is 5.69 Å². The number of aromatic nitrogens is 4. The monoisotopic (exact) mass is 231 g/mol. The zero-order valence-electron chi connectivity index (χ0n) is 10.1. The van der Waals surface area contributed by atoms with E-state index in [9.17, 15) is 0 Å². The van der Waals surface area contributed by atoms with Gasteiger partial charge in [0.2, 0.25) is 0 Å². The third-order valence-corrected chi connectivity index (χ3v) is 3.39. The quantitative estimate of drug-likeness (QED) is 0.837. The summed E-state index contributed by atoms with van der Waals surface area (Å²) in [6.45, 7) is 4.23. The van der Waals surface area contributed by atoms with E-state index in [-0.39, 0.29) is 0 Å². The van der Waals surface area contributed by atoms with E-state index in [0.717, 1.165) is 36.7 Å². The molecule has 1 N–H and O–H groups in total. The summed E-state index contributed by atoms with van der Waals surface area (Å²) in [5, 5.41) is 16.3. The lowest BCUT2D eigenvalue weighted by Crippen LogP contribution is -2.29. The van der Waals surface area contributed by atoms with Gasteiger partial charge in [-0.3, -0.25) is 0 Å². The largest absolute Gasteiger partial charge is 0.317 e. The van der Waals surface area contributed by atoms with Crippen molar-refractivity contribution >= 4 is 5.65 Å². The smallest absolute Gasteiger partial charge is 0.177 e. The summed E-state index contributed by atoms with van der Waals surface area (Å²) >= 11 is 0. The highest BCUT2D eigenvalue weighted by Gasteiger charge is 2.17. The summed E-state index contributed by atoms with van der Waals surface area (Å²) < 4.78 is 1.89. The Labute approximate surface area is 100 Å². The topological polar surface area (TPSA) is 55.1 Å². The maximum atomic E-state index is 4.48. The van der Waals surface area contributed by atoms with Crippen LogP contribution in [0.3, 0.4) is 0 Å². The van der Waals surface area contributed by atoms with Crippen LogP contribution < -0.4 is 5.32 Å². The van der Waals surface area contributed by atoms with Gasteiger partial charge in [-0.1, -0.05) is 0 Å². The number of aryl methyl sites for hydroxylation is 1. The molecule has 0 aromatic carbocycles. The predicted octanol–water partition coefficient (Wildman–Crippen LogP) is 0.975. The zero-order chi connectivity index (χ0) is 11.7. The second-order valence-electron chi connectivity index (χ2n) is 4.76. The molecule has 0 unspecified atom stereocenters. The summed E-state index contributed by atoms with van der Waals surface area (Å²) in [5.74, 6) is 1.71. The van der Waals surface area contributed by atoms with Crippen LogP contribution in [0.5, 0.6) is 0 Å². The van der Waals surface area contributed by atoms with Crippen LogP contribution in [-0.4, -0.2) is 32.9 Å². The number of hydrogen-bond acceptors (Lipinski definition) is 4. The molecule has 0 spiro atoms. The molecule has 0 atom stereocenters. The maximum Gasteiger partial charge on any atom is 0.177 e. The minimum absolute atomic E-state index is 0.714. The Kier molecular flexibility index (Phi) is 2.76. The summed E-state index contributed by atoms with van der Waals surface area (Å²) in [7, 11) is 0. The number of nitrogens with zero attached hydrogens (tertiary/aromatic N) is 4. The standard InChI is InChI=1S/C12H17N5/c1-9-2-3-11-14-15-12(17(11)16-9)8-10-4-6-13-7-5-10/h2-3,10,13H,4-8H2,1H3. The van der Waals surface area contributed by atoms with Gasteiger partial charge < -0.3 is 5.32 Å². The van der Waals surface area contributed by atoms with Crippen molar-refractivity contribution in [2.45, 2.75) is 26.2 Å². The molecular formula is C12H17N5. The van der Waals surface area contributed by atoms with E-state index < -0.39 is 0 Å². The second kappa shape index (κ2) is 4.41. The fourth-order valence-electron chi connectivity index (χ4n) is 2.40. The molecule has 1 aliphatic rings. The molecule has 1 saturated heterocycles. The molecular weight excluding hydrogens is 214 g/mol. The highest BCUT2D eigenvalue weighted by molar-refractivity contribution is 5.36. The minimum Gasteiger partial charge on any atom is -0.317 e. The SMILES string of the molecule is Cc1ccc2nnc(CC3CCNCC3)n2n1. The van der Waals surface area contributed by atoms with Gasteiger partial charge in [0.25, 0.3) is 0 Å². The summed E-state index contributed by atoms with van der Waals surface area (Å²) in [6, 6.07) is 3.94. The molecule has 5 heteroatoms. The van der Waals surface area contributed by atoms with Gasteiger partial charge in [0, 0.05) is 6.42 Å². The van der Waals surface area contributed by atoms with Gasteiger partial charge in [-0.2, -0.15) is 9.61 Å². The number of nitrogens with one attached hydrogen (secondary N) is 1. The van der Waals surface area contributed by atoms with Gasteiger partial charge in [0.1, 0.15) is 0 Å². The van der Waals surface area contributed by atoms with Crippen molar-refractivity contribution in [3.8, 4) is 0 Å². The molecule has 0 saturated carbocycles. The van der Waals surface area contributed by atoms with Gasteiger partial charge in [-0.05, 0) is 50.9 Å². The first-order valence-corrected chi connectivity index (χ1v) is 6.21. The molecule has 2 aromatic rings. The Morgan fingerprint density at radius 3 is 2.94 bits per heavy atom. The second-order valence-corrected chi connectivity index (χ2v) is 4.76. The molecule has 2 aromatic heterocycles. The Balaban J connectivity index is 1.86. The van der Waals surface area contributed by atoms with E-state index in [4.69, 9.17) is 0 Å². The molecule has 1 fully saturated rings. The normalized spacial score (nSPS) is 17.7. The summed E-state index contributed by atoms with van der Waals surface area (Å²) in [4.78, 5) is 0. The predicted molar refractivity (Wildman–Crippen MR) is 64.8 cm³/mol. The first kappa shape index (κ1) is 10.7. The van der Waals surface area contributed by atoms with Crippen molar-refractivity contribution in [1.29, 1.82) is 0 Å². The molecule has 17 heavy (non-hydrogen) atoms. The van der Waals surface area contributed by atoms with E-state index in [0.29, 0.717) is 5.92 Å². The highest BCUT2D eigenvalue weighted by Crippen LogP contribution is 2.17. The molecule has 3 heterocycles. The Morgan fingerprint density at radius 2 is 2.12 bits per heavy atom. The van der Waals surface area contributed by atoms with Crippen molar-refractivity contribution in [2.75, 3.05) is 13.1 Å².